The fourth-order valence-corrected chi connectivity index (χ4v) is 2.18. The summed E-state index contributed by atoms with van der Waals surface area (Å²) in [6, 6.07) is 3.21. The first-order chi connectivity index (χ1) is 9.71. The molecule has 1 heterocycles. The number of rotatable bonds is 2. The average Bonchev–Trinajstić information content (AvgIpc) is 2.43. The molecule has 2 rings (SSSR count). The number of nitrogens with zero attached hydrogens (tertiary/aromatic N) is 1. The Morgan fingerprint density at radius 1 is 1.38 bits per heavy atom. The maximum absolute atomic E-state index is 12.8. The molecular weight excluding hydrogens is 285 g/mol. The molecule has 4 nitrogen and oxygen atoms in total. The van der Waals surface area contributed by atoms with E-state index in [1.165, 1.54) is 11.0 Å². The number of fused-ring (bicyclic) bond motifs is 1. The van der Waals surface area contributed by atoms with Crippen molar-refractivity contribution >= 4 is 17.3 Å². The second-order valence-electron chi connectivity index (χ2n) is 5.34. The quantitative estimate of drug-likeness (QED) is 0.882. The molecular formula is C14H17F3N2O2. The highest BCUT2D eigenvalue weighted by Gasteiger charge is 2.34. The van der Waals surface area contributed by atoms with Gasteiger partial charge in [0.25, 0.3) is 5.91 Å². The Labute approximate surface area is 120 Å². The summed E-state index contributed by atoms with van der Waals surface area (Å²) in [6.45, 7) is 4.00. The predicted octanol–water partition coefficient (Wildman–Crippen LogP) is 2.48. The summed E-state index contributed by atoms with van der Waals surface area (Å²) < 4.78 is 38.4. The third-order valence-corrected chi connectivity index (χ3v) is 3.42. The summed E-state index contributed by atoms with van der Waals surface area (Å²) in [7, 11) is 0. The van der Waals surface area contributed by atoms with Crippen LogP contribution in [0.1, 0.15) is 19.4 Å². The first kappa shape index (κ1) is 15.6. The zero-order valence-corrected chi connectivity index (χ0v) is 11.7. The number of carbonyl (C=O) groups is 1. The van der Waals surface area contributed by atoms with E-state index in [1.54, 1.807) is 13.8 Å². The van der Waals surface area contributed by atoms with Gasteiger partial charge in [-0.2, -0.15) is 13.2 Å². The van der Waals surface area contributed by atoms with Crippen LogP contribution in [0.2, 0.25) is 0 Å². The van der Waals surface area contributed by atoms with E-state index in [4.69, 9.17) is 0 Å². The van der Waals surface area contributed by atoms with Gasteiger partial charge >= 0.3 is 6.18 Å². The number of hydrogen-bond donors (Lipinski definition) is 2. The Morgan fingerprint density at radius 2 is 2.05 bits per heavy atom. The Hall–Kier alpha value is -1.76. The second kappa shape index (κ2) is 5.55. The highest BCUT2D eigenvalue weighted by molar-refractivity contribution is 6.00. The Morgan fingerprint density at radius 3 is 2.62 bits per heavy atom. The number of benzene rings is 1. The average molecular weight is 302 g/mol. The molecule has 0 unspecified atom stereocenters. The molecule has 116 valence electrons. The van der Waals surface area contributed by atoms with Crippen LogP contribution in [-0.2, 0) is 11.0 Å². The van der Waals surface area contributed by atoms with Gasteiger partial charge in [-0.15, -0.1) is 0 Å². The van der Waals surface area contributed by atoms with Crippen LogP contribution in [0.25, 0.3) is 0 Å². The number of nitrogens with one attached hydrogen (secondary N) is 1. The van der Waals surface area contributed by atoms with Crippen molar-refractivity contribution in [3.63, 3.8) is 0 Å². The van der Waals surface area contributed by atoms with E-state index in [0.29, 0.717) is 12.2 Å². The number of alkyl halides is 3. The zero-order valence-electron chi connectivity index (χ0n) is 11.7. The maximum atomic E-state index is 12.8. The molecule has 1 aliphatic rings. The second-order valence-corrected chi connectivity index (χ2v) is 5.34. The highest BCUT2D eigenvalue weighted by Crippen LogP contribution is 2.37. The molecule has 1 aromatic carbocycles. The number of hydrogen-bond acceptors (Lipinski definition) is 3. The van der Waals surface area contributed by atoms with Crippen molar-refractivity contribution in [1.82, 2.24) is 0 Å². The van der Waals surface area contributed by atoms with E-state index < -0.39 is 23.8 Å². The van der Waals surface area contributed by atoms with Crippen LogP contribution in [0.4, 0.5) is 24.5 Å². The fourth-order valence-electron chi connectivity index (χ4n) is 2.18. The van der Waals surface area contributed by atoms with Gasteiger partial charge in [0.2, 0.25) is 0 Å². The lowest BCUT2D eigenvalue weighted by Crippen LogP contribution is -2.46. The molecule has 0 fully saturated rings. The summed E-state index contributed by atoms with van der Waals surface area (Å²) in [6.07, 6.45) is -5.71. The highest BCUT2D eigenvalue weighted by atomic mass is 19.4. The summed E-state index contributed by atoms with van der Waals surface area (Å²) in [5.74, 6) is -0.881. The summed E-state index contributed by atoms with van der Waals surface area (Å²) >= 11 is 0. The fraction of sp³-hybridized carbons (Fsp3) is 0.500. The summed E-state index contributed by atoms with van der Waals surface area (Å²) in [5, 5.41) is 12.8. The van der Waals surface area contributed by atoms with E-state index in [1.807, 2.05) is 0 Å². The topological polar surface area (TPSA) is 52.6 Å². The first-order valence-electron chi connectivity index (χ1n) is 6.66. The number of halogens is 3. The molecule has 1 amide bonds. The van der Waals surface area contributed by atoms with Crippen LogP contribution in [-0.4, -0.2) is 30.2 Å². The van der Waals surface area contributed by atoms with Crippen molar-refractivity contribution < 1.29 is 23.1 Å². The monoisotopic (exact) mass is 302 g/mol. The predicted molar refractivity (Wildman–Crippen MR) is 73.1 cm³/mol. The van der Waals surface area contributed by atoms with Crippen molar-refractivity contribution in [2.75, 3.05) is 23.3 Å². The number of amides is 1. The molecule has 0 aromatic heterocycles. The first-order valence-corrected chi connectivity index (χ1v) is 6.66. The van der Waals surface area contributed by atoms with E-state index in [2.05, 4.69) is 5.32 Å². The summed E-state index contributed by atoms with van der Waals surface area (Å²) in [4.78, 5) is 13.4. The minimum atomic E-state index is -4.47. The lowest BCUT2D eigenvalue weighted by molar-refractivity contribution is -0.137. The number of carbonyl (C=O) groups excluding carboxylic acids is 1. The normalized spacial score (nSPS) is 16.4. The molecule has 7 heteroatoms. The molecule has 0 radical (unpaired) electrons. The minimum Gasteiger partial charge on any atom is -0.383 e. The lowest BCUT2D eigenvalue weighted by atomic mass is 10.0. The SMILES string of the molecule is CC(C)[C@H](O)C(=O)N1CCNc2ccc(C(F)(F)F)cc21. The van der Waals surface area contributed by atoms with Crippen molar-refractivity contribution in [2.24, 2.45) is 5.92 Å². The van der Waals surface area contributed by atoms with E-state index in [-0.39, 0.29) is 18.2 Å². The van der Waals surface area contributed by atoms with Crippen molar-refractivity contribution in [3.05, 3.63) is 23.8 Å². The Kier molecular flexibility index (Phi) is 4.13. The third kappa shape index (κ3) is 3.12. The number of anilines is 2. The van der Waals surface area contributed by atoms with Gasteiger partial charge in [0.15, 0.2) is 0 Å². The summed E-state index contributed by atoms with van der Waals surface area (Å²) in [5.41, 5.74) is -0.207. The van der Waals surface area contributed by atoms with Crippen LogP contribution >= 0.6 is 0 Å². The molecule has 0 saturated heterocycles. The molecule has 1 atom stereocenters. The van der Waals surface area contributed by atoms with Crippen LogP contribution in [0.5, 0.6) is 0 Å². The van der Waals surface area contributed by atoms with Crippen LogP contribution in [0.15, 0.2) is 18.2 Å². The Balaban J connectivity index is 2.40. The van der Waals surface area contributed by atoms with Gasteiger partial charge in [0, 0.05) is 13.1 Å². The molecule has 2 N–H and O–H groups in total. The van der Waals surface area contributed by atoms with Gasteiger partial charge in [0.1, 0.15) is 6.10 Å². The van der Waals surface area contributed by atoms with Gasteiger partial charge in [0.05, 0.1) is 16.9 Å². The molecule has 0 aliphatic carbocycles. The molecule has 0 bridgehead atoms. The molecule has 21 heavy (non-hydrogen) atoms. The number of aliphatic hydroxyl groups is 1. The standard InChI is InChI=1S/C14H17F3N2O2/c1-8(2)12(20)13(21)19-6-5-18-10-4-3-9(7-11(10)19)14(15,16)17/h3-4,7-8,12,18,20H,5-6H2,1-2H3/t12-/m0/s1. The van der Waals surface area contributed by atoms with Gasteiger partial charge < -0.3 is 15.3 Å². The maximum Gasteiger partial charge on any atom is 0.416 e. The van der Waals surface area contributed by atoms with Crippen LogP contribution < -0.4 is 10.2 Å². The third-order valence-electron chi connectivity index (χ3n) is 3.42. The van der Waals surface area contributed by atoms with Gasteiger partial charge in [-0.25, -0.2) is 0 Å². The van der Waals surface area contributed by atoms with Crippen LogP contribution in [0, 0.1) is 5.92 Å². The van der Waals surface area contributed by atoms with Crippen molar-refractivity contribution in [1.29, 1.82) is 0 Å². The molecule has 1 aromatic rings. The van der Waals surface area contributed by atoms with Gasteiger partial charge in [-0.05, 0) is 24.1 Å². The zero-order chi connectivity index (χ0) is 15.8. The van der Waals surface area contributed by atoms with E-state index in [9.17, 15) is 23.1 Å². The smallest absolute Gasteiger partial charge is 0.383 e. The van der Waals surface area contributed by atoms with Crippen molar-refractivity contribution in [3.8, 4) is 0 Å². The number of aliphatic hydroxyl groups excluding tert-OH is 1. The van der Waals surface area contributed by atoms with E-state index in [0.717, 1.165) is 12.1 Å². The minimum absolute atomic E-state index is 0.153. The van der Waals surface area contributed by atoms with Crippen molar-refractivity contribution in [2.45, 2.75) is 26.1 Å². The van der Waals surface area contributed by atoms with E-state index >= 15 is 0 Å². The van der Waals surface area contributed by atoms with Gasteiger partial charge in [-0.3, -0.25) is 4.79 Å². The van der Waals surface area contributed by atoms with Crippen LogP contribution in [0.3, 0.4) is 0 Å². The molecule has 0 saturated carbocycles. The Bertz CT molecular complexity index is 544. The lowest BCUT2D eigenvalue weighted by Gasteiger charge is -2.33. The molecule has 1 aliphatic heterocycles. The largest absolute Gasteiger partial charge is 0.416 e. The van der Waals surface area contributed by atoms with Gasteiger partial charge in [-0.1, -0.05) is 13.8 Å². The molecule has 0 spiro atoms.